The highest BCUT2D eigenvalue weighted by molar-refractivity contribution is 5.95. The van der Waals surface area contributed by atoms with Gasteiger partial charge in [-0.2, -0.15) is 5.10 Å². The molecule has 3 rings (SSSR count). The highest BCUT2D eigenvalue weighted by Crippen LogP contribution is 2.19. The van der Waals surface area contributed by atoms with Gasteiger partial charge in [-0.15, -0.1) is 0 Å². The van der Waals surface area contributed by atoms with Gasteiger partial charge in [0.25, 0.3) is 5.91 Å². The van der Waals surface area contributed by atoms with Crippen LogP contribution in [0, 0.1) is 6.92 Å². The van der Waals surface area contributed by atoms with E-state index in [0.29, 0.717) is 31.9 Å². The third kappa shape index (κ3) is 3.47. The lowest BCUT2D eigenvalue weighted by molar-refractivity contribution is -0.0104. The zero-order chi connectivity index (χ0) is 16.9. The second-order valence-corrected chi connectivity index (χ2v) is 5.85. The Hall–Kier alpha value is -2.25. The number of methoxy groups -OCH3 is 1. The summed E-state index contributed by atoms with van der Waals surface area (Å²) in [6, 6.07) is 5.71. The molecular formula is C17H22N4O3. The SMILES string of the molecule is COCCC1COCCN1C(=O)c1ccc(-n2cncn2)c(C)c1. The maximum Gasteiger partial charge on any atom is 0.254 e. The third-order valence-corrected chi connectivity index (χ3v) is 4.25. The van der Waals surface area contributed by atoms with Gasteiger partial charge < -0.3 is 14.4 Å². The minimum Gasteiger partial charge on any atom is -0.385 e. The van der Waals surface area contributed by atoms with Crippen molar-refractivity contribution in [2.75, 3.05) is 33.5 Å². The first-order valence-electron chi connectivity index (χ1n) is 8.04. The van der Waals surface area contributed by atoms with Crippen molar-refractivity contribution >= 4 is 5.91 Å². The molecule has 1 aliphatic heterocycles. The Morgan fingerprint density at radius 1 is 1.46 bits per heavy atom. The summed E-state index contributed by atoms with van der Waals surface area (Å²) >= 11 is 0. The summed E-state index contributed by atoms with van der Waals surface area (Å²) in [5.74, 6) is 0.0349. The Labute approximate surface area is 141 Å². The number of carbonyl (C=O) groups excluding carboxylic acids is 1. The molecule has 1 aliphatic rings. The van der Waals surface area contributed by atoms with Crippen molar-refractivity contribution in [2.24, 2.45) is 0 Å². The van der Waals surface area contributed by atoms with E-state index in [1.54, 1.807) is 18.1 Å². The summed E-state index contributed by atoms with van der Waals surface area (Å²) in [7, 11) is 1.67. The number of aryl methyl sites for hydroxylation is 1. The first-order valence-corrected chi connectivity index (χ1v) is 8.04. The van der Waals surface area contributed by atoms with Gasteiger partial charge in [0.05, 0.1) is 24.9 Å². The first kappa shape index (κ1) is 16.6. The number of nitrogens with zero attached hydrogens (tertiary/aromatic N) is 4. The maximum absolute atomic E-state index is 12.9. The standard InChI is InChI=1S/C17H22N4O3/c1-13-9-14(3-4-16(13)21-12-18-11-19-21)17(22)20-6-8-24-10-15(20)5-7-23-2/h3-4,9,11-12,15H,5-8,10H2,1-2H3. The molecule has 0 radical (unpaired) electrons. The molecule has 0 spiro atoms. The molecule has 7 heteroatoms. The molecule has 7 nitrogen and oxygen atoms in total. The quantitative estimate of drug-likeness (QED) is 0.830. The Kier molecular flexibility index (Phi) is 5.22. The molecule has 1 atom stereocenters. The second-order valence-electron chi connectivity index (χ2n) is 5.85. The zero-order valence-corrected chi connectivity index (χ0v) is 14.0. The molecule has 1 fully saturated rings. The number of carbonyl (C=O) groups is 1. The molecule has 1 saturated heterocycles. The van der Waals surface area contributed by atoms with Gasteiger partial charge in [0.2, 0.25) is 0 Å². The molecule has 128 valence electrons. The van der Waals surface area contributed by atoms with E-state index in [4.69, 9.17) is 9.47 Å². The Balaban J connectivity index is 1.79. The fraction of sp³-hybridized carbons (Fsp3) is 0.471. The summed E-state index contributed by atoms with van der Waals surface area (Å²) in [6.45, 7) is 4.32. The zero-order valence-electron chi connectivity index (χ0n) is 14.0. The molecule has 0 saturated carbocycles. The minimum absolute atomic E-state index is 0.0349. The summed E-state index contributed by atoms with van der Waals surface area (Å²) in [4.78, 5) is 18.8. The molecule has 1 aromatic heterocycles. The van der Waals surface area contributed by atoms with Crippen LogP contribution in [0.2, 0.25) is 0 Å². The highest BCUT2D eigenvalue weighted by Gasteiger charge is 2.28. The Morgan fingerprint density at radius 2 is 2.33 bits per heavy atom. The van der Waals surface area contributed by atoms with E-state index in [2.05, 4.69) is 10.1 Å². The van der Waals surface area contributed by atoms with E-state index < -0.39 is 0 Å². The van der Waals surface area contributed by atoms with Crippen LogP contribution in [-0.4, -0.2) is 65.1 Å². The topological polar surface area (TPSA) is 69.5 Å². The number of rotatable bonds is 5. The monoisotopic (exact) mass is 330 g/mol. The van der Waals surface area contributed by atoms with E-state index >= 15 is 0 Å². The number of aromatic nitrogens is 3. The maximum atomic E-state index is 12.9. The third-order valence-electron chi connectivity index (χ3n) is 4.25. The number of hydrogen-bond donors (Lipinski definition) is 0. The van der Waals surface area contributed by atoms with E-state index in [-0.39, 0.29) is 11.9 Å². The van der Waals surface area contributed by atoms with Gasteiger partial charge in [0.15, 0.2) is 0 Å². The molecule has 0 bridgehead atoms. The van der Waals surface area contributed by atoms with E-state index in [1.165, 1.54) is 6.33 Å². The molecule has 2 aromatic rings. The highest BCUT2D eigenvalue weighted by atomic mass is 16.5. The van der Waals surface area contributed by atoms with Crippen LogP contribution >= 0.6 is 0 Å². The van der Waals surface area contributed by atoms with Crippen molar-refractivity contribution in [2.45, 2.75) is 19.4 Å². The van der Waals surface area contributed by atoms with Crippen LogP contribution in [0.3, 0.4) is 0 Å². The summed E-state index contributed by atoms with van der Waals surface area (Å²) in [6.07, 6.45) is 3.91. The number of benzene rings is 1. The van der Waals surface area contributed by atoms with Crippen LogP contribution in [0.5, 0.6) is 0 Å². The molecule has 0 aliphatic carbocycles. The van der Waals surface area contributed by atoms with Crippen molar-refractivity contribution < 1.29 is 14.3 Å². The molecular weight excluding hydrogens is 308 g/mol. The number of hydrogen-bond acceptors (Lipinski definition) is 5. The number of ether oxygens (including phenoxy) is 2. The average Bonchev–Trinajstić information content (AvgIpc) is 3.14. The number of amides is 1. The number of morpholine rings is 1. The second kappa shape index (κ2) is 7.55. The average molecular weight is 330 g/mol. The molecule has 2 heterocycles. The van der Waals surface area contributed by atoms with Gasteiger partial charge in [-0.3, -0.25) is 4.79 Å². The fourth-order valence-corrected chi connectivity index (χ4v) is 2.96. The van der Waals surface area contributed by atoms with Crippen molar-refractivity contribution in [3.8, 4) is 5.69 Å². The van der Waals surface area contributed by atoms with Gasteiger partial charge in [0.1, 0.15) is 12.7 Å². The lowest BCUT2D eigenvalue weighted by atomic mass is 10.1. The summed E-state index contributed by atoms with van der Waals surface area (Å²) in [5, 5.41) is 4.14. The fourth-order valence-electron chi connectivity index (χ4n) is 2.96. The predicted octanol–water partition coefficient (Wildman–Crippen LogP) is 1.45. The molecule has 1 amide bonds. The normalized spacial score (nSPS) is 17.9. The van der Waals surface area contributed by atoms with Crippen molar-refractivity contribution in [3.05, 3.63) is 42.0 Å². The van der Waals surface area contributed by atoms with Crippen molar-refractivity contribution in [1.29, 1.82) is 0 Å². The van der Waals surface area contributed by atoms with Crippen LogP contribution in [0.4, 0.5) is 0 Å². The lowest BCUT2D eigenvalue weighted by Gasteiger charge is -2.35. The Morgan fingerprint density at radius 3 is 3.04 bits per heavy atom. The van der Waals surface area contributed by atoms with Crippen LogP contribution < -0.4 is 0 Å². The smallest absolute Gasteiger partial charge is 0.254 e. The van der Waals surface area contributed by atoms with E-state index in [1.807, 2.05) is 30.0 Å². The lowest BCUT2D eigenvalue weighted by Crippen LogP contribution is -2.49. The van der Waals surface area contributed by atoms with Gasteiger partial charge in [-0.1, -0.05) is 0 Å². The molecule has 0 N–H and O–H groups in total. The van der Waals surface area contributed by atoms with E-state index in [0.717, 1.165) is 17.7 Å². The van der Waals surface area contributed by atoms with Crippen molar-refractivity contribution in [3.63, 3.8) is 0 Å². The molecule has 1 unspecified atom stereocenters. The summed E-state index contributed by atoms with van der Waals surface area (Å²) < 4.78 is 12.4. The Bertz CT molecular complexity index is 687. The van der Waals surface area contributed by atoms with Gasteiger partial charge >= 0.3 is 0 Å². The minimum atomic E-state index is 0.0349. The predicted molar refractivity (Wildman–Crippen MR) is 88.2 cm³/mol. The van der Waals surface area contributed by atoms with Crippen LogP contribution in [0.1, 0.15) is 22.3 Å². The van der Waals surface area contributed by atoms with Crippen LogP contribution in [0.25, 0.3) is 5.69 Å². The van der Waals surface area contributed by atoms with Crippen LogP contribution in [-0.2, 0) is 9.47 Å². The molecule has 24 heavy (non-hydrogen) atoms. The van der Waals surface area contributed by atoms with Gasteiger partial charge in [-0.05, 0) is 37.1 Å². The molecule has 1 aromatic carbocycles. The van der Waals surface area contributed by atoms with E-state index in [9.17, 15) is 4.79 Å². The first-order chi connectivity index (χ1) is 11.7. The largest absolute Gasteiger partial charge is 0.385 e. The van der Waals surface area contributed by atoms with Crippen LogP contribution in [0.15, 0.2) is 30.9 Å². The van der Waals surface area contributed by atoms with Crippen molar-refractivity contribution in [1.82, 2.24) is 19.7 Å². The van der Waals surface area contributed by atoms with Gasteiger partial charge in [-0.25, -0.2) is 9.67 Å². The van der Waals surface area contributed by atoms with Gasteiger partial charge in [0, 0.05) is 25.8 Å². The summed E-state index contributed by atoms with van der Waals surface area (Å²) in [5.41, 5.74) is 2.58.